The molecule has 1 amide bonds. The maximum absolute atomic E-state index is 13.2. The van der Waals surface area contributed by atoms with E-state index >= 15 is 0 Å². The maximum Gasteiger partial charge on any atom is 0.241 e. The first-order valence-electron chi connectivity index (χ1n) is 10.6. The Hall–Kier alpha value is -1.09. The van der Waals surface area contributed by atoms with Gasteiger partial charge in [0.15, 0.2) is 0 Å². The number of hydrogen-bond acceptors (Lipinski definition) is 5. The van der Waals surface area contributed by atoms with Gasteiger partial charge in [-0.2, -0.15) is 16.5 Å². The largest absolute Gasteiger partial charge is 0.339 e. The molecule has 0 bridgehead atoms. The van der Waals surface area contributed by atoms with E-state index < -0.39 is 16.1 Å². The zero-order chi connectivity index (χ0) is 22.4. The number of nitrogens with zero attached hydrogens (tertiary/aromatic N) is 2. The molecule has 1 atom stereocenters. The molecule has 0 aromatic heterocycles. The van der Waals surface area contributed by atoms with Crippen molar-refractivity contribution in [2.75, 3.05) is 44.7 Å². The van der Waals surface area contributed by atoms with Crippen LogP contribution in [0.1, 0.15) is 39.2 Å². The van der Waals surface area contributed by atoms with Crippen LogP contribution in [-0.2, 0) is 14.8 Å². The quantitative estimate of drug-likeness (QED) is 0.620. The van der Waals surface area contributed by atoms with E-state index in [1.54, 1.807) is 36.0 Å². The second-order valence-corrected chi connectivity index (χ2v) is 11.9. The lowest BCUT2D eigenvalue weighted by Gasteiger charge is -2.37. The third-order valence-corrected chi connectivity index (χ3v) is 7.53. The van der Waals surface area contributed by atoms with Gasteiger partial charge in [0.1, 0.15) is 6.04 Å². The zero-order valence-electron chi connectivity index (χ0n) is 19.0. The van der Waals surface area contributed by atoms with Crippen molar-refractivity contribution in [1.29, 1.82) is 0 Å². The summed E-state index contributed by atoms with van der Waals surface area (Å²) in [6.45, 7) is 12.6. The molecule has 1 aliphatic heterocycles. The second-order valence-electron chi connectivity index (χ2n) is 9.25. The smallest absolute Gasteiger partial charge is 0.241 e. The molecular formula is C22H37N3O3S2. The van der Waals surface area contributed by atoms with E-state index in [-0.39, 0.29) is 10.8 Å². The van der Waals surface area contributed by atoms with Gasteiger partial charge in [-0.25, -0.2) is 8.42 Å². The third kappa shape index (κ3) is 7.87. The third-order valence-electron chi connectivity index (χ3n) is 5.40. The van der Waals surface area contributed by atoms with Crippen molar-refractivity contribution >= 4 is 27.7 Å². The van der Waals surface area contributed by atoms with Crippen molar-refractivity contribution in [3.8, 4) is 0 Å². The molecule has 170 valence electrons. The lowest BCUT2D eigenvalue weighted by atomic mass is 9.92. The molecule has 2 rings (SSSR count). The minimum Gasteiger partial charge on any atom is -0.339 e. The van der Waals surface area contributed by atoms with Crippen LogP contribution in [0.2, 0.25) is 0 Å². The molecule has 1 heterocycles. The van der Waals surface area contributed by atoms with Crippen molar-refractivity contribution in [2.45, 2.75) is 51.5 Å². The van der Waals surface area contributed by atoms with Crippen molar-refractivity contribution in [1.82, 2.24) is 14.5 Å². The molecule has 0 radical (unpaired) electrons. The van der Waals surface area contributed by atoms with E-state index in [1.807, 2.05) is 18.1 Å². The van der Waals surface area contributed by atoms with Crippen LogP contribution in [0.15, 0.2) is 29.2 Å². The summed E-state index contributed by atoms with van der Waals surface area (Å²) in [5, 5.41) is 0. The van der Waals surface area contributed by atoms with Crippen LogP contribution in [-0.4, -0.2) is 74.9 Å². The molecule has 0 aliphatic carbocycles. The molecule has 0 spiro atoms. The van der Waals surface area contributed by atoms with Gasteiger partial charge in [0.2, 0.25) is 15.9 Å². The lowest BCUT2D eigenvalue weighted by molar-refractivity contribution is -0.134. The average molecular weight is 456 g/mol. The van der Waals surface area contributed by atoms with E-state index in [0.717, 1.165) is 37.4 Å². The number of benzene rings is 1. The van der Waals surface area contributed by atoms with E-state index in [9.17, 15) is 13.2 Å². The van der Waals surface area contributed by atoms with Gasteiger partial charge in [-0.3, -0.25) is 9.69 Å². The predicted molar refractivity (Wildman–Crippen MR) is 125 cm³/mol. The van der Waals surface area contributed by atoms with Crippen LogP contribution in [0.3, 0.4) is 0 Å². The average Bonchev–Trinajstić information content (AvgIpc) is 2.69. The SMILES string of the molecule is CSCCC(NS(=O)(=O)c1ccc(C)cc1)C(=O)N1CCN(CCC(C)(C)C)CC1. The number of rotatable bonds is 9. The standard InChI is InChI=1S/C22H37N3O3S2/c1-18-6-8-19(9-7-18)30(27,28)23-20(10-17-29-5)21(26)25-15-13-24(14-16-25)12-11-22(2,3)4/h6-9,20,23H,10-17H2,1-5H3. The molecule has 1 saturated heterocycles. The number of nitrogens with one attached hydrogen (secondary N) is 1. The Morgan fingerprint density at radius 1 is 1.13 bits per heavy atom. The molecule has 1 fully saturated rings. The number of hydrogen-bond donors (Lipinski definition) is 1. The number of aryl methyl sites for hydroxylation is 1. The highest BCUT2D eigenvalue weighted by atomic mass is 32.2. The summed E-state index contributed by atoms with van der Waals surface area (Å²) in [5.41, 5.74) is 1.29. The first-order chi connectivity index (χ1) is 14.0. The second kappa shape index (κ2) is 11.0. The summed E-state index contributed by atoms with van der Waals surface area (Å²) in [6.07, 6.45) is 3.56. The Morgan fingerprint density at radius 2 is 1.73 bits per heavy atom. The molecule has 30 heavy (non-hydrogen) atoms. The van der Waals surface area contributed by atoms with Gasteiger partial charge < -0.3 is 4.90 Å². The maximum atomic E-state index is 13.2. The van der Waals surface area contributed by atoms with Gasteiger partial charge in [-0.05, 0) is 55.9 Å². The molecule has 1 aromatic carbocycles. The number of sulfonamides is 1. The Labute approximate surface area is 186 Å². The van der Waals surface area contributed by atoms with Crippen LogP contribution in [0.25, 0.3) is 0 Å². The Kier molecular flexibility index (Phi) is 9.21. The van der Waals surface area contributed by atoms with Crippen molar-refractivity contribution in [2.24, 2.45) is 5.41 Å². The number of piperazine rings is 1. The highest BCUT2D eigenvalue weighted by molar-refractivity contribution is 7.98. The Balaban J connectivity index is 2.01. The molecule has 1 aromatic rings. The summed E-state index contributed by atoms with van der Waals surface area (Å²) >= 11 is 1.61. The Bertz CT molecular complexity index is 781. The van der Waals surface area contributed by atoms with Gasteiger partial charge >= 0.3 is 0 Å². The molecule has 8 heteroatoms. The fourth-order valence-electron chi connectivity index (χ4n) is 3.35. The number of thioether (sulfide) groups is 1. The minimum atomic E-state index is -3.74. The number of amides is 1. The van der Waals surface area contributed by atoms with Crippen LogP contribution in [0, 0.1) is 12.3 Å². The van der Waals surface area contributed by atoms with Gasteiger partial charge in [-0.1, -0.05) is 38.5 Å². The van der Waals surface area contributed by atoms with Gasteiger partial charge in [0, 0.05) is 26.2 Å². The highest BCUT2D eigenvalue weighted by Gasteiger charge is 2.31. The van der Waals surface area contributed by atoms with E-state index in [1.165, 1.54) is 0 Å². The summed E-state index contributed by atoms with van der Waals surface area (Å²) in [6, 6.07) is 5.97. The van der Waals surface area contributed by atoms with Gasteiger partial charge in [0.05, 0.1) is 4.90 Å². The normalized spacial score (nSPS) is 17.2. The molecular weight excluding hydrogens is 418 g/mol. The first-order valence-corrected chi connectivity index (χ1v) is 13.5. The predicted octanol–water partition coefficient (Wildman–Crippen LogP) is 2.98. The topological polar surface area (TPSA) is 69.7 Å². The summed E-state index contributed by atoms with van der Waals surface area (Å²) in [4.78, 5) is 17.6. The van der Waals surface area contributed by atoms with E-state index in [0.29, 0.717) is 24.9 Å². The Morgan fingerprint density at radius 3 is 2.27 bits per heavy atom. The monoisotopic (exact) mass is 455 g/mol. The summed E-state index contributed by atoms with van der Waals surface area (Å²) in [7, 11) is -3.74. The van der Waals surface area contributed by atoms with Crippen LogP contribution >= 0.6 is 11.8 Å². The van der Waals surface area contributed by atoms with Crippen LogP contribution in [0.4, 0.5) is 0 Å². The number of carbonyl (C=O) groups excluding carboxylic acids is 1. The molecule has 6 nitrogen and oxygen atoms in total. The first kappa shape index (κ1) is 25.2. The van der Waals surface area contributed by atoms with Crippen LogP contribution in [0.5, 0.6) is 0 Å². The number of carbonyl (C=O) groups is 1. The fraction of sp³-hybridized carbons (Fsp3) is 0.682. The van der Waals surface area contributed by atoms with Gasteiger partial charge in [-0.15, -0.1) is 0 Å². The fourth-order valence-corrected chi connectivity index (χ4v) is 5.04. The molecule has 0 saturated carbocycles. The van der Waals surface area contributed by atoms with E-state index in [2.05, 4.69) is 30.4 Å². The zero-order valence-corrected chi connectivity index (χ0v) is 20.6. The van der Waals surface area contributed by atoms with Crippen LogP contribution < -0.4 is 4.72 Å². The van der Waals surface area contributed by atoms with Gasteiger partial charge in [0.25, 0.3) is 0 Å². The molecule has 1 N–H and O–H groups in total. The molecule has 1 aliphatic rings. The van der Waals surface area contributed by atoms with Crippen molar-refractivity contribution < 1.29 is 13.2 Å². The summed E-state index contributed by atoms with van der Waals surface area (Å²) < 4.78 is 28.3. The van der Waals surface area contributed by atoms with Crippen molar-refractivity contribution in [3.63, 3.8) is 0 Å². The molecule has 1 unspecified atom stereocenters. The lowest BCUT2D eigenvalue weighted by Crippen LogP contribution is -2.55. The van der Waals surface area contributed by atoms with Crippen molar-refractivity contribution in [3.05, 3.63) is 29.8 Å². The highest BCUT2D eigenvalue weighted by Crippen LogP contribution is 2.20. The summed E-state index contributed by atoms with van der Waals surface area (Å²) in [5.74, 6) is 0.605. The van der Waals surface area contributed by atoms with E-state index in [4.69, 9.17) is 0 Å². The minimum absolute atomic E-state index is 0.116.